The van der Waals surface area contributed by atoms with Gasteiger partial charge in [0.05, 0.1) is 10.3 Å². The van der Waals surface area contributed by atoms with Crippen LogP contribution in [-0.2, 0) is 21.4 Å². The van der Waals surface area contributed by atoms with E-state index in [0.717, 1.165) is 0 Å². The average Bonchev–Trinajstić information content (AvgIpc) is 3.54. The van der Waals surface area contributed by atoms with E-state index in [1.807, 2.05) is 13.8 Å². The molecule has 2 aromatic rings. The number of ether oxygens (including phenoxy) is 1. The zero-order valence-corrected chi connectivity index (χ0v) is 19.2. The third kappa shape index (κ3) is 4.70. The van der Waals surface area contributed by atoms with E-state index in [1.165, 1.54) is 12.1 Å². The first-order chi connectivity index (χ1) is 15.1. The molecule has 0 spiro atoms. The van der Waals surface area contributed by atoms with Gasteiger partial charge in [-0.3, -0.25) is 9.59 Å². The predicted octanol–water partition coefficient (Wildman–Crippen LogP) is 3.28. The molecular weight excluding hydrogens is 428 g/mol. The van der Waals surface area contributed by atoms with Crippen molar-refractivity contribution in [1.82, 2.24) is 10.0 Å². The maximum absolute atomic E-state index is 12.9. The van der Waals surface area contributed by atoms with Crippen LogP contribution in [0.4, 0.5) is 0 Å². The Morgan fingerprint density at radius 1 is 1.22 bits per heavy atom. The van der Waals surface area contributed by atoms with Gasteiger partial charge >= 0.3 is 0 Å². The quantitative estimate of drug-likeness (QED) is 0.564. The Hall–Kier alpha value is -3.13. The van der Waals surface area contributed by atoms with Crippen molar-refractivity contribution < 1.29 is 22.7 Å². The number of hydrogen-bond donors (Lipinski definition) is 2. The van der Waals surface area contributed by atoms with Crippen molar-refractivity contribution in [2.45, 2.75) is 31.8 Å². The van der Waals surface area contributed by atoms with Gasteiger partial charge in [0.2, 0.25) is 5.91 Å². The van der Waals surface area contributed by atoms with E-state index >= 15 is 0 Å². The van der Waals surface area contributed by atoms with Crippen LogP contribution < -0.4 is 14.8 Å². The van der Waals surface area contributed by atoms with Crippen LogP contribution in [0.3, 0.4) is 0 Å². The van der Waals surface area contributed by atoms with Crippen molar-refractivity contribution in [3.8, 4) is 5.75 Å². The number of benzene rings is 2. The molecule has 2 amide bonds. The number of rotatable bonds is 9. The Balaban J connectivity index is 1.72. The minimum atomic E-state index is -4.04. The number of nitrogens with one attached hydrogen (secondary N) is 2. The lowest BCUT2D eigenvalue weighted by atomic mass is 9.89. The van der Waals surface area contributed by atoms with E-state index in [2.05, 4.69) is 16.6 Å². The molecule has 0 aliphatic heterocycles. The van der Waals surface area contributed by atoms with Gasteiger partial charge in [-0.25, -0.2) is 13.1 Å². The van der Waals surface area contributed by atoms with Crippen molar-refractivity contribution in [2.75, 3.05) is 7.05 Å². The first-order valence-electron chi connectivity index (χ1n) is 10.4. The molecule has 0 saturated heterocycles. The molecule has 2 N–H and O–H groups in total. The molecule has 32 heavy (non-hydrogen) atoms. The highest BCUT2D eigenvalue weighted by molar-refractivity contribution is 7.90. The number of hydrogen-bond acceptors (Lipinski definition) is 5. The third-order valence-electron chi connectivity index (χ3n) is 5.96. The van der Waals surface area contributed by atoms with Crippen molar-refractivity contribution >= 4 is 21.8 Å². The van der Waals surface area contributed by atoms with Gasteiger partial charge in [0.15, 0.2) is 0 Å². The Bertz CT molecular complexity index is 1140. The molecular formula is C24H28N2O5S. The van der Waals surface area contributed by atoms with Crippen molar-refractivity contribution in [2.24, 2.45) is 17.3 Å². The molecule has 3 rings (SSSR count). The van der Waals surface area contributed by atoms with Gasteiger partial charge in [-0.1, -0.05) is 38.1 Å². The normalized spacial score (nSPS) is 19.8. The fourth-order valence-electron chi connectivity index (χ4n) is 3.90. The van der Waals surface area contributed by atoms with Gasteiger partial charge in [0.1, 0.15) is 12.4 Å². The van der Waals surface area contributed by atoms with E-state index in [1.54, 1.807) is 49.5 Å². The number of amides is 2. The highest BCUT2D eigenvalue weighted by Gasteiger charge is 2.60. The summed E-state index contributed by atoms with van der Waals surface area (Å²) in [6.07, 6.45) is 2.31. The van der Waals surface area contributed by atoms with Crippen molar-refractivity contribution in [3.63, 3.8) is 0 Å². The molecule has 0 radical (unpaired) electrons. The van der Waals surface area contributed by atoms with Crippen LogP contribution in [0.2, 0.25) is 0 Å². The lowest BCUT2D eigenvalue weighted by Crippen LogP contribution is -2.40. The van der Waals surface area contributed by atoms with Gasteiger partial charge in [-0.2, -0.15) is 0 Å². The first-order valence-corrected chi connectivity index (χ1v) is 11.9. The number of carbonyl (C=O) groups excluding carboxylic acids is 2. The van der Waals surface area contributed by atoms with Crippen molar-refractivity contribution in [1.29, 1.82) is 0 Å². The van der Waals surface area contributed by atoms with E-state index in [4.69, 9.17) is 4.74 Å². The van der Waals surface area contributed by atoms with Crippen LogP contribution in [0.5, 0.6) is 5.75 Å². The van der Waals surface area contributed by atoms with E-state index in [0.29, 0.717) is 23.3 Å². The van der Waals surface area contributed by atoms with Gasteiger partial charge in [0.25, 0.3) is 15.9 Å². The molecule has 7 nitrogen and oxygen atoms in total. The maximum Gasteiger partial charge on any atom is 0.264 e. The summed E-state index contributed by atoms with van der Waals surface area (Å²) >= 11 is 0. The number of allylic oxidation sites excluding steroid dienone is 1. The molecule has 2 aromatic carbocycles. The molecule has 170 valence electrons. The number of sulfonamides is 1. The van der Waals surface area contributed by atoms with Crippen LogP contribution >= 0.6 is 0 Å². The van der Waals surface area contributed by atoms with Gasteiger partial charge in [-0.15, -0.1) is 6.58 Å². The minimum Gasteiger partial charge on any atom is -0.489 e. The molecule has 0 unspecified atom stereocenters. The van der Waals surface area contributed by atoms with Crippen LogP contribution in [0.15, 0.2) is 66.1 Å². The summed E-state index contributed by atoms with van der Waals surface area (Å²) in [6, 6.07) is 12.9. The Morgan fingerprint density at radius 2 is 1.94 bits per heavy atom. The fourth-order valence-corrected chi connectivity index (χ4v) is 5.02. The molecule has 1 saturated carbocycles. The van der Waals surface area contributed by atoms with Gasteiger partial charge < -0.3 is 10.1 Å². The molecule has 0 heterocycles. The average molecular weight is 457 g/mol. The van der Waals surface area contributed by atoms with Crippen LogP contribution in [0.1, 0.15) is 36.2 Å². The lowest BCUT2D eigenvalue weighted by molar-refractivity contribution is -0.126. The second-order valence-electron chi connectivity index (χ2n) is 8.22. The Labute approximate surface area is 188 Å². The second-order valence-corrected chi connectivity index (χ2v) is 9.90. The monoisotopic (exact) mass is 456 g/mol. The smallest absolute Gasteiger partial charge is 0.264 e. The molecule has 0 bridgehead atoms. The number of carbonyl (C=O) groups is 2. The zero-order chi connectivity index (χ0) is 23.5. The molecule has 1 fully saturated rings. The third-order valence-corrected chi connectivity index (χ3v) is 7.29. The highest BCUT2D eigenvalue weighted by Crippen LogP contribution is 2.58. The van der Waals surface area contributed by atoms with Crippen LogP contribution in [0.25, 0.3) is 0 Å². The van der Waals surface area contributed by atoms with E-state index in [9.17, 15) is 18.0 Å². The Kier molecular flexibility index (Phi) is 6.74. The molecule has 8 heteroatoms. The first kappa shape index (κ1) is 23.5. The standard InChI is InChI=1S/C24H28N2O5S/c1-5-19-14-24(19,16(2)3)23(28)26-32(29,30)21-11-6-8-17(12-21)15-31-20-10-7-9-18(13-20)22(27)25-4/h5-13,16,19H,1,14-15H2,2-4H3,(H,25,27)(H,26,28)/t19-,24-/m1/s1. The highest BCUT2D eigenvalue weighted by atomic mass is 32.2. The summed E-state index contributed by atoms with van der Waals surface area (Å²) in [7, 11) is -2.49. The molecule has 0 aromatic heterocycles. The maximum atomic E-state index is 12.9. The summed E-state index contributed by atoms with van der Waals surface area (Å²) in [5.41, 5.74) is 0.339. The van der Waals surface area contributed by atoms with Crippen molar-refractivity contribution in [3.05, 3.63) is 72.3 Å². The lowest BCUT2D eigenvalue weighted by Gasteiger charge is -2.20. The molecule has 2 atom stereocenters. The summed E-state index contributed by atoms with van der Waals surface area (Å²) in [6.45, 7) is 7.67. The summed E-state index contributed by atoms with van der Waals surface area (Å²) < 4.78 is 33.7. The summed E-state index contributed by atoms with van der Waals surface area (Å²) in [5, 5.41) is 2.55. The van der Waals surface area contributed by atoms with Gasteiger partial charge in [-0.05, 0) is 54.2 Å². The zero-order valence-electron chi connectivity index (χ0n) is 18.4. The van der Waals surface area contributed by atoms with Crippen LogP contribution in [-0.4, -0.2) is 27.3 Å². The fraction of sp³-hybridized carbons (Fsp3) is 0.333. The second kappa shape index (κ2) is 9.16. The van der Waals surface area contributed by atoms with Crippen LogP contribution in [0, 0.1) is 17.3 Å². The molecule has 1 aliphatic carbocycles. The predicted molar refractivity (Wildman–Crippen MR) is 122 cm³/mol. The minimum absolute atomic E-state index is 0.00834. The van der Waals surface area contributed by atoms with E-state index in [-0.39, 0.29) is 29.2 Å². The SMILES string of the molecule is C=C[C@@H]1C[C@@]1(C(=O)NS(=O)(=O)c1cccc(COc2cccc(C(=O)NC)c2)c1)C(C)C. The van der Waals surface area contributed by atoms with E-state index < -0.39 is 21.3 Å². The largest absolute Gasteiger partial charge is 0.489 e. The van der Waals surface area contributed by atoms with Gasteiger partial charge in [0, 0.05) is 12.6 Å². The summed E-state index contributed by atoms with van der Waals surface area (Å²) in [4.78, 5) is 24.6. The Morgan fingerprint density at radius 3 is 2.56 bits per heavy atom. The summed E-state index contributed by atoms with van der Waals surface area (Å²) in [5.74, 6) is -0.275. The molecule has 1 aliphatic rings. The topological polar surface area (TPSA) is 102 Å².